The molecular weight excluding hydrogens is 197 g/mol. The highest BCUT2D eigenvalue weighted by Gasteiger charge is 2.23. The third-order valence-corrected chi connectivity index (χ3v) is 4.10. The molecule has 1 fully saturated rings. The molecule has 0 saturated carbocycles. The topological polar surface area (TPSA) is 26.0 Å². The number of rotatable bonds is 2. The van der Waals surface area contributed by atoms with E-state index in [9.17, 15) is 4.39 Å². The van der Waals surface area contributed by atoms with Crippen molar-refractivity contribution in [2.75, 3.05) is 5.75 Å². The molecule has 1 nitrogen and oxygen atoms in total. The first-order valence-corrected chi connectivity index (χ1v) is 5.95. The van der Waals surface area contributed by atoms with E-state index >= 15 is 0 Å². The summed E-state index contributed by atoms with van der Waals surface area (Å²) in [4.78, 5) is 0. The fraction of sp³-hybridized carbons (Fsp3) is 0.455. The van der Waals surface area contributed by atoms with Crippen LogP contribution in [0, 0.1) is 5.82 Å². The minimum absolute atomic E-state index is 0.0584. The third-order valence-electron chi connectivity index (χ3n) is 2.62. The zero-order chi connectivity index (χ0) is 9.97. The number of halogens is 1. The van der Waals surface area contributed by atoms with Gasteiger partial charge in [0.05, 0.1) is 0 Å². The molecule has 2 rings (SSSR count). The molecule has 14 heavy (non-hydrogen) atoms. The quantitative estimate of drug-likeness (QED) is 0.814. The predicted octanol–water partition coefficient (Wildman–Crippen LogP) is 2.72. The Bertz CT molecular complexity index is 293. The predicted molar refractivity (Wildman–Crippen MR) is 58.8 cm³/mol. The van der Waals surface area contributed by atoms with Crippen LogP contribution in [0.15, 0.2) is 24.3 Å². The summed E-state index contributed by atoms with van der Waals surface area (Å²) in [5.74, 6) is 1.01. The molecule has 0 spiro atoms. The largest absolute Gasteiger partial charge is 0.323 e. The van der Waals surface area contributed by atoms with Crippen molar-refractivity contribution in [3.05, 3.63) is 35.6 Å². The smallest absolute Gasteiger partial charge is 0.123 e. The van der Waals surface area contributed by atoms with Crippen molar-refractivity contribution in [2.24, 2.45) is 5.73 Å². The van der Waals surface area contributed by atoms with Crippen LogP contribution in [0.25, 0.3) is 0 Å². The second-order valence-electron chi connectivity index (χ2n) is 3.63. The summed E-state index contributed by atoms with van der Waals surface area (Å²) < 4.78 is 12.7. The van der Waals surface area contributed by atoms with Crippen LogP contribution in [0.4, 0.5) is 4.39 Å². The lowest BCUT2D eigenvalue weighted by Gasteiger charge is -2.18. The molecule has 1 aromatic rings. The molecule has 0 amide bonds. The number of benzene rings is 1. The van der Waals surface area contributed by atoms with Gasteiger partial charge in [0.15, 0.2) is 0 Å². The molecule has 1 saturated heterocycles. The molecule has 0 bridgehead atoms. The van der Waals surface area contributed by atoms with Gasteiger partial charge in [-0.15, -0.1) is 0 Å². The summed E-state index contributed by atoms with van der Waals surface area (Å²) in [5.41, 5.74) is 7.15. The SMILES string of the molecule is NC(c1ccc(F)cc1)C1CCCS1. The minimum Gasteiger partial charge on any atom is -0.323 e. The van der Waals surface area contributed by atoms with Crippen molar-refractivity contribution in [1.82, 2.24) is 0 Å². The average molecular weight is 211 g/mol. The molecule has 2 N–H and O–H groups in total. The normalized spacial score (nSPS) is 23.7. The highest BCUT2D eigenvalue weighted by Crippen LogP contribution is 2.34. The van der Waals surface area contributed by atoms with Gasteiger partial charge in [-0.25, -0.2) is 4.39 Å². The zero-order valence-electron chi connectivity index (χ0n) is 7.95. The van der Waals surface area contributed by atoms with E-state index in [1.165, 1.54) is 30.7 Å². The fourth-order valence-corrected chi connectivity index (χ4v) is 3.12. The van der Waals surface area contributed by atoms with Gasteiger partial charge in [0, 0.05) is 11.3 Å². The first kappa shape index (κ1) is 9.99. The zero-order valence-corrected chi connectivity index (χ0v) is 8.77. The lowest BCUT2D eigenvalue weighted by Crippen LogP contribution is -2.21. The van der Waals surface area contributed by atoms with E-state index in [4.69, 9.17) is 5.73 Å². The Morgan fingerprint density at radius 3 is 2.64 bits per heavy atom. The van der Waals surface area contributed by atoms with Crippen LogP contribution in [0.1, 0.15) is 24.4 Å². The van der Waals surface area contributed by atoms with E-state index in [0.717, 1.165) is 5.56 Å². The Hall–Kier alpha value is -0.540. The second kappa shape index (κ2) is 4.32. The maximum absolute atomic E-state index is 12.7. The Kier molecular flexibility index (Phi) is 3.08. The molecule has 2 atom stereocenters. The van der Waals surface area contributed by atoms with Crippen LogP contribution in [0.2, 0.25) is 0 Å². The van der Waals surface area contributed by atoms with Gasteiger partial charge in [-0.2, -0.15) is 11.8 Å². The molecule has 0 aromatic heterocycles. The van der Waals surface area contributed by atoms with Gasteiger partial charge in [-0.05, 0) is 36.3 Å². The van der Waals surface area contributed by atoms with Crippen molar-refractivity contribution in [3.8, 4) is 0 Å². The van der Waals surface area contributed by atoms with E-state index in [-0.39, 0.29) is 11.9 Å². The minimum atomic E-state index is -0.194. The van der Waals surface area contributed by atoms with Gasteiger partial charge in [-0.1, -0.05) is 12.1 Å². The molecular formula is C11H14FNS. The van der Waals surface area contributed by atoms with Crippen LogP contribution in [-0.4, -0.2) is 11.0 Å². The van der Waals surface area contributed by atoms with Gasteiger partial charge >= 0.3 is 0 Å². The van der Waals surface area contributed by atoms with E-state index in [0.29, 0.717) is 5.25 Å². The summed E-state index contributed by atoms with van der Waals surface area (Å²) in [6, 6.07) is 6.60. The summed E-state index contributed by atoms with van der Waals surface area (Å²) in [6.45, 7) is 0. The molecule has 0 radical (unpaired) electrons. The Labute approximate surface area is 87.9 Å². The maximum Gasteiger partial charge on any atom is 0.123 e. The van der Waals surface area contributed by atoms with E-state index in [1.54, 1.807) is 12.1 Å². The number of hydrogen-bond acceptors (Lipinski definition) is 2. The van der Waals surface area contributed by atoms with Crippen molar-refractivity contribution >= 4 is 11.8 Å². The highest BCUT2D eigenvalue weighted by molar-refractivity contribution is 8.00. The van der Waals surface area contributed by atoms with E-state index in [2.05, 4.69) is 0 Å². The first-order chi connectivity index (χ1) is 6.77. The number of thioether (sulfide) groups is 1. The fourth-order valence-electron chi connectivity index (χ4n) is 1.79. The van der Waals surface area contributed by atoms with Gasteiger partial charge in [0.2, 0.25) is 0 Å². The molecule has 1 aliphatic rings. The average Bonchev–Trinajstić information content (AvgIpc) is 2.71. The first-order valence-electron chi connectivity index (χ1n) is 4.90. The van der Waals surface area contributed by atoms with Gasteiger partial charge in [0.1, 0.15) is 5.82 Å². The molecule has 1 heterocycles. The van der Waals surface area contributed by atoms with Crippen LogP contribution in [0.5, 0.6) is 0 Å². The summed E-state index contributed by atoms with van der Waals surface area (Å²) in [6.07, 6.45) is 2.44. The van der Waals surface area contributed by atoms with Crippen LogP contribution in [-0.2, 0) is 0 Å². The third kappa shape index (κ3) is 2.10. The second-order valence-corrected chi connectivity index (χ2v) is 4.98. The van der Waals surface area contributed by atoms with Gasteiger partial charge in [-0.3, -0.25) is 0 Å². The Morgan fingerprint density at radius 2 is 2.07 bits per heavy atom. The Morgan fingerprint density at radius 1 is 1.36 bits per heavy atom. The van der Waals surface area contributed by atoms with Gasteiger partial charge < -0.3 is 5.73 Å². The van der Waals surface area contributed by atoms with E-state index in [1.807, 2.05) is 11.8 Å². The molecule has 1 aliphatic heterocycles. The van der Waals surface area contributed by atoms with Crippen LogP contribution in [0.3, 0.4) is 0 Å². The summed E-state index contributed by atoms with van der Waals surface area (Å²) in [5, 5.41) is 0.514. The van der Waals surface area contributed by atoms with Crippen molar-refractivity contribution in [2.45, 2.75) is 24.1 Å². The number of nitrogens with two attached hydrogens (primary N) is 1. The summed E-state index contributed by atoms with van der Waals surface area (Å²) in [7, 11) is 0. The van der Waals surface area contributed by atoms with Crippen LogP contribution >= 0.6 is 11.8 Å². The van der Waals surface area contributed by atoms with Crippen molar-refractivity contribution in [1.29, 1.82) is 0 Å². The maximum atomic E-state index is 12.7. The number of hydrogen-bond donors (Lipinski definition) is 1. The molecule has 0 aliphatic carbocycles. The van der Waals surface area contributed by atoms with Crippen LogP contribution < -0.4 is 5.73 Å². The summed E-state index contributed by atoms with van der Waals surface area (Å²) >= 11 is 1.93. The Balaban J connectivity index is 2.09. The van der Waals surface area contributed by atoms with E-state index < -0.39 is 0 Å². The highest BCUT2D eigenvalue weighted by atomic mass is 32.2. The van der Waals surface area contributed by atoms with Gasteiger partial charge in [0.25, 0.3) is 0 Å². The van der Waals surface area contributed by atoms with Crippen molar-refractivity contribution < 1.29 is 4.39 Å². The lowest BCUT2D eigenvalue weighted by molar-refractivity contribution is 0.618. The monoisotopic (exact) mass is 211 g/mol. The van der Waals surface area contributed by atoms with Crippen molar-refractivity contribution in [3.63, 3.8) is 0 Å². The molecule has 76 valence electrons. The molecule has 2 unspecified atom stereocenters. The standard InChI is InChI=1S/C11H14FNS/c12-9-5-3-8(4-6-9)11(13)10-2-1-7-14-10/h3-6,10-11H,1-2,7,13H2. The lowest BCUT2D eigenvalue weighted by atomic mass is 10.0. The molecule has 3 heteroatoms. The molecule has 1 aromatic carbocycles.